The summed E-state index contributed by atoms with van der Waals surface area (Å²) in [5.41, 5.74) is 0. The molecule has 0 aliphatic rings. The summed E-state index contributed by atoms with van der Waals surface area (Å²) in [4.78, 5) is 25.5. The van der Waals surface area contributed by atoms with Crippen LogP contribution >= 0.6 is 0 Å². The fraction of sp³-hybridized carbons (Fsp3) is 0.789. The van der Waals surface area contributed by atoms with Gasteiger partial charge in [-0.05, 0) is 12.3 Å². The fourth-order valence-corrected chi connectivity index (χ4v) is 2.54. The highest BCUT2D eigenvalue weighted by Crippen LogP contribution is 2.13. The molecule has 0 heterocycles. The number of carbonyl (C=O) groups is 2. The summed E-state index contributed by atoms with van der Waals surface area (Å²) in [5.74, 6) is -0.415. The van der Waals surface area contributed by atoms with Crippen LogP contribution in [0.4, 0.5) is 4.79 Å². The average molecular weight is 341 g/mol. The molecular weight excluding hydrogens is 306 g/mol. The van der Waals surface area contributed by atoms with Crippen LogP contribution in [0.2, 0.25) is 0 Å². The fourth-order valence-electron chi connectivity index (χ4n) is 2.54. The number of ether oxygens (including phenoxy) is 2. The van der Waals surface area contributed by atoms with Gasteiger partial charge in [0.15, 0.2) is 0 Å². The highest BCUT2D eigenvalue weighted by molar-refractivity contribution is 5.81. The summed E-state index contributed by atoms with van der Waals surface area (Å²) in [6.45, 7) is 10.0. The van der Waals surface area contributed by atoms with Gasteiger partial charge in [-0.2, -0.15) is 0 Å². The summed E-state index contributed by atoms with van der Waals surface area (Å²) in [7, 11) is 1.56. The Labute approximate surface area is 147 Å². The third-order valence-corrected chi connectivity index (χ3v) is 3.90. The molecule has 0 aromatic rings. The van der Waals surface area contributed by atoms with Crippen molar-refractivity contribution in [2.45, 2.75) is 71.8 Å². The van der Waals surface area contributed by atoms with Crippen LogP contribution in [0.3, 0.4) is 0 Å². The Bertz CT molecular complexity index is 368. The van der Waals surface area contributed by atoms with E-state index in [-0.39, 0.29) is 18.5 Å². The monoisotopic (exact) mass is 341 g/mol. The van der Waals surface area contributed by atoms with Gasteiger partial charge >= 0.3 is 12.1 Å². The number of hydrogen-bond acceptors (Lipinski definition) is 4. The molecule has 0 saturated heterocycles. The Morgan fingerprint density at radius 1 is 1.04 bits per heavy atom. The number of carbonyl (C=O) groups excluding carboxylic acids is 2. The largest absolute Gasteiger partial charge is 0.464 e. The first-order valence-electron chi connectivity index (χ1n) is 9.12. The average Bonchev–Trinajstić information content (AvgIpc) is 2.54. The SMILES string of the molecule is C=CCOC(=O)N(C)C(C(=O)OCCCCCCCCC)C(C)C. The van der Waals surface area contributed by atoms with Crippen molar-refractivity contribution < 1.29 is 19.1 Å². The summed E-state index contributed by atoms with van der Waals surface area (Å²) in [6.07, 6.45) is 9.14. The highest BCUT2D eigenvalue weighted by Gasteiger charge is 2.31. The van der Waals surface area contributed by atoms with E-state index in [1.807, 2.05) is 13.8 Å². The molecule has 0 saturated carbocycles. The predicted octanol–water partition coefficient (Wildman–Crippen LogP) is 4.56. The molecule has 0 aliphatic carbocycles. The Morgan fingerprint density at radius 2 is 1.62 bits per heavy atom. The molecule has 1 atom stereocenters. The molecule has 0 fully saturated rings. The smallest absolute Gasteiger partial charge is 0.410 e. The van der Waals surface area contributed by atoms with Crippen molar-refractivity contribution in [1.29, 1.82) is 0 Å². The van der Waals surface area contributed by atoms with Gasteiger partial charge in [0, 0.05) is 7.05 Å². The first-order valence-corrected chi connectivity index (χ1v) is 9.12. The maximum Gasteiger partial charge on any atom is 0.410 e. The van der Waals surface area contributed by atoms with E-state index in [0.717, 1.165) is 12.8 Å². The molecule has 0 spiro atoms. The van der Waals surface area contributed by atoms with Gasteiger partial charge in [0.25, 0.3) is 0 Å². The number of amides is 1. The number of rotatable bonds is 13. The third-order valence-electron chi connectivity index (χ3n) is 3.90. The van der Waals surface area contributed by atoms with Crippen LogP contribution in [-0.4, -0.2) is 43.3 Å². The van der Waals surface area contributed by atoms with Crippen molar-refractivity contribution in [3.05, 3.63) is 12.7 Å². The first-order chi connectivity index (χ1) is 11.5. The normalized spacial score (nSPS) is 11.9. The van der Waals surface area contributed by atoms with Crippen molar-refractivity contribution in [2.75, 3.05) is 20.3 Å². The van der Waals surface area contributed by atoms with Crippen LogP contribution in [0.5, 0.6) is 0 Å². The van der Waals surface area contributed by atoms with Crippen molar-refractivity contribution in [3.63, 3.8) is 0 Å². The summed E-state index contributed by atoms with van der Waals surface area (Å²) >= 11 is 0. The zero-order chi connectivity index (χ0) is 18.4. The van der Waals surface area contributed by atoms with Gasteiger partial charge in [-0.25, -0.2) is 9.59 Å². The molecule has 0 bridgehead atoms. The van der Waals surface area contributed by atoms with Crippen molar-refractivity contribution in [2.24, 2.45) is 5.92 Å². The van der Waals surface area contributed by atoms with Crippen molar-refractivity contribution >= 4 is 12.1 Å². The molecule has 0 radical (unpaired) electrons. The standard InChI is InChI=1S/C19H35NO4/c1-6-8-9-10-11-12-13-15-23-18(21)17(16(3)4)20(5)19(22)24-14-7-2/h7,16-17H,2,6,8-15H2,1,3-5H3. The van der Waals surface area contributed by atoms with Gasteiger partial charge in [-0.1, -0.05) is 72.0 Å². The number of hydrogen-bond donors (Lipinski definition) is 0. The van der Waals surface area contributed by atoms with E-state index >= 15 is 0 Å². The molecule has 140 valence electrons. The lowest BCUT2D eigenvalue weighted by atomic mass is 10.0. The quantitative estimate of drug-likeness (QED) is 0.280. The van der Waals surface area contributed by atoms with Crippen molar-refractivity contribution in [1.82, 2.24) is 4.90 Å². The van der Waals surface area contributed by atoms with E-state index in [1.165, 1.54) is 43.1 Å². The van der Waals surface area contributed by atoms with Crippen molar-refractivity contribution in [3.8, 4) is 0 Å². The van der Waals surface area contributed by atoms with E-state index in [4.69, 9.17) is 9.47 Å². The van der Waals surface area contributed by atoms with Gasteiger partial charge in [-0.3, -0.25) is 4.90 Å². The van der Waals surface area contributed by atoms with Crippen LogP contribution in [0.15, 0.2) is 12.7 Å². The highest BCUT2D eigenvalue weighted by atomic mass is 16.6. The lowest BCUT2D eigenvalue weighted by Gasteiger charge is -2.28. The zero-order valence-corrected chi connectivity index (χ0v) is 15.9. The Kier molecular flexibility index (Phi) is 13.0. The molecule has 24 heavy (non-hydrogen) atoms. The molecule has 0 aliphatic heterocycles. The van der Waals surface area contributed by atoms with Gasteiger partial charge < -0.3 is 9.47 Å². The second-order valence-corrected chi connectivity index (χ2v) is 6.45. The minimum atomic E-state index is -0.633. The van der Waals surface area contributed by atoms with E-state index in [1.54, 1.807) is 7.05 Å². The minimum Gasteiger partial charge on any atom is -0.464 e. The third kappa shape index (κ3) is 9.58. The van der Waals surface area contributed by atoms with Gasteiger partial charge in [0.05, 0.1) is 6.61 Å². The molecule has 5 nitrogen and oxygen atoms in total. The number of esters is 1. The molecule has 0 rings (SSSR count). The topological polar surface area (TPSA) is 55.8 Å². The molecule has 0 N–H and O–H groups in total. The van der Waals surface area contributed by atoms with Crippen LogP contribution in [0.1, 0.15) is 65.7 Å². The molecule has 0 aromatic carbocycles. The zero-order valence-electron chi connectivity index (χ0n) is 15.9. The van der Waals surface area contributed by atoms with Gasteiger partial charge in [0.2, 0.25) is 0 Å². The molecular formula is C19H35NO4. The van der Waals surface area contributed by atoms with Crippen LogP contribution in [0.25, 0.3) is 0 Å². The maximum absolute atomic E-state index is 12.3. The van der Waals surface area contributed by atoms with E-state index in [0.29, 0.717) is 6.61 Å². The first kappa shape index (κ1) is 22.5. The molecule has 0 aromatic heterocycles. The van der Waals surface area contributed by atoms with E-state index in [9.17, 15) is 9.59 Å². The Balaban J connectivity index is 4.16. The second-order valence-electron chi connectivity index (χ2n) is 6.45. The summed E-state index contributed by atoms with van der Waals surface area (Å²) in [6, 6.07) is -0.633. The summed E-state index contributed by atoms with van der Waals surface area (Å²) < 4.78 is 10.3. The number of likely N-dealkylation sites (N-methyl/N-ethyl adjacent to an activating group) is 1. The van der Waals surface area contributed by atoms with Crippen LogP contribution < -0.4 is 0 Å². The molecule has 1 unspecified atom stereocenters. The lowest BCUT2D eigenvalue weighted by Crippen LogP contribution is -2.46. The van der Waals surface area contributed by atoms with E-state index < -0.39 is 12.1 Å². The summed E-state index contributed by atoms with van der Waals surface area (Å²) in [5, 5.41) is 0. The van der Waals surface area contributed by atoms with Gasteiger partial charge in [-0.15, -0.1) is 0 Å². The maximum atomic E-state index is 12.3. The van der Waals surface area contributed by atoms with Crippen LogP contribution in [-0.2, 0) is 14.3 Å². The van der Waals surface area contributed by atoms with E-state index in [2.05, 4.69) is 13.5 Å². The number of nitrogens with zero attached hydrogens (tertiary/aromatic N) is 1. The van der Waals surface area contributed by atoms with Crippen LogP contribution in [0, 0.1) is 5.92 Å². The van der Waals surface area contributed by atoms with Gasteiger partial charge in [0.1, 0.15) is 12.6 Å². The Morgan fingerprint density at radius 3 is 2.17 bits per heavy atom. The molecule has 1 amide bonds. The minimum absolute atomic E-state index is 0.0483. The lowest BCUT2D eigenvalue weighted by molar-refractivity contribution is -0.150. The Hall–Kier alpha value is -1.52. The number of unbranched alkanes of at least 4 members (excludes halogenated alkanes) is 6. The molecule has 5 heteroatoms. The predicted molar refractivity (Wildman–Crippen MR) is 96.9 cm³/mol. The second kappa shape index (κ2) is 13.9.